The van der Waals surface area contributed by atoms with Crippen LogP contribution in [-0.4, -0.2) is 18.3 Å². The predicted molar refractivity (Wildman–Crippen MR) is 141 cm³/mol. The maximum atomic E-state index is 9.97. The first-order valence-electron chi connectivity index (χ1n) is 11.7. The molecule has 4 rings (SSSR count). The summed E-state index contributed by atoms with van der Waals surface area (Å²) in [7, 11) is -2.10. The Hall–Kier alpha value is -3.30. The summed E-state index contributed by atoms with van der Waals surface area (Å²) in [6, 6.07) is 36.3. The molecule has 0 fully saturated rings. The molecule has 0 bridgehead atoms. The fraction of sp³-hybridized carbons (Fsp3) is 0.200. The standard InChI is InChI=1S/C30H32O2Si/c1-23-21-25(13-15-29(23)31)17-19-33(27-9-5-3-6-10-27,28-11-7-4-8-12-28)20-18-26-14-16-30(32)24(2)22-26/h3-16,21-22,31-32H,17-20H2,1-2H3. The van der Waals surface area contributed by atoms with Crippen molar-refractivity contribution in [3.8, 4) is 11.5 Å². The van der Waals surface area contributed by atoms with Gasteiger partial charge in [-0.1, -0.05) is 95.3 Å². The van der Waals surface area contributed by atoms with E-state index in [1.807, 2.05) is 26.0 Å². The van der Waals surface area contributed by atoms with Gasteiger partial charge in [0.15, 0.2) is 0 Å². The van der Waals surface area contributed by atoms with Crippen molar-refractivity contribution < 1.29 is 10.2 Å². The first-order valence-corrected chi connectivity index (χ1v) is 14.1. The lowest BCUT2D eigenvalue weighted by atomic mass is 10.1. The minimum Gasteiger partial charge on any atom is -0.508 e. The Bertz CT molecular complexity index is 1110. The first-order chi connectivity index (χ1) is 16.0. The van der Waals surface area contributed by atoms with Crippen molar-refractivity contribution in [1.29, 1.82) is 0 Å². The van der Waals surface area contributed by atoms with Crippen molar-refractivity contribution in [2.24, 2.45) is 0 Å². The smallest absolute Gasteiger partial charge is 0.118 e. The lowest BCUT2D eigenvalue weighted by Gasteiger charge is -2.34. The summed E-state index contributed by atoms with van der Waals surface area (Å²) < 4.78 is 0. The lowest BCUT2D eigenvalue weighted by Crippen LogP contribution is -2.58. The number of aromatic hydroxyl groups is 2. The van der Waals surface area contributed by atoms with E-state index in [0.29, 0.717) is 11.5 Å². The fourth-order valence-electron chi connectivity index (χ4n) is 4.84. The molecule has 0 saturated carbocycles. The third kappa shape index (κ3) is 5.20. The molecule has 0 aliphatic rings. The van der Waals surface area contributed by atoms with Gasteiger partial charge in [0, 0.05) is 0 Å². The molecular formula is C30H32O2Si. The van der Waals surface area contributed by atoms with Crippen LogP contribution in [0.2, 0.25) is 12.1 Å². The average molecular weight is 453 g/mol. The van der Waals surface area contributed by atoms with Gasteiger partial charge < -0.3 is 10.2 Å². The minimum atomic E-state index is -2.10. The van der Waals surface area contributed by atoms with Gasteiger partial charge in [-0.25, -0.2) is 0 Å². The van der Waals surface area contributed by atoms with Gasteiger partial charge >= 0.3 is 0 Å². The molecule has 0 aliphatic heterocycles. The van der Waals surface area contributed by atoms with Crippen LogP contribution in [0.1, 0.15) is 22.3 Å². The maximum absolute atomic E-state index is 9.97. The molecule has 0 atom stereocenters. The van der Waals surface area contributed by atoms with Crippen molar-refractivity contribution >= 4 is 18.4 Å². The van der Waals surface area contributed by atoms with Crippen LogP contribution in [0.3, 0.4) is 0 Å². The van der Waals surface area contributed by atoms with Crippen molar-refractivity contribution in [1.82, 2.24) is 0 Å². The zero-order chi connectivity index (χ0) is 23.3. The van der Waals surface area contributed by atoms with Crippen LogP contribution < -0.4 is 10.4 Å². The van der Waals surface area contributed by atoms with E-state index in [0.717, 1.165) is 36.1 Å². The van der Waals surface area contributed by atoms with Crippen LogP contribution in [-0.2, 0) is 12.8 Å². The molecule has 0 heterocycles. The number of aryl methyl sites for hydroxylation is 4. The van der Waals surface area contributed by atoms with Crippen molar-refractivity contribution in [2.45, 2.75) is 38.8 Å². The highest BCUT2D eigenvalue weighted by Gasteiger charge is 2.36. The molecule has 4 aromatic carbocycles. The SMILES string of the molecule is Cc1cc(CC[Si](CCc2ccc(O)c(C)c2)(c2ccccc2)c2ccccc2)ccc1O. The molecule has 33 heavy (non-hydrogen) atoms. The Balaban J connectivity index is 1.74. The highest BCUT2D eigenvalue weighted by molar-refractivity contribution is 7.02. The molecule has 0 unspecified atom stereocenters. The summed E-state index contributed by atoms with van der Waals surface area (Å²) in [4.78, 5) is 0. The molecule has 2 nitrogen and oxygen atoms in total. The predicted octanol–water partition coefficient (Wildman–Crippen LogP) is 5.76. The normalized spacial score (nSPS) is 11.5. The van der Waals surface area contributed by atoms with Gasteiger partial charge in [0.1, 0.15) is 19.6 Å². The molecule has 0 aromatic heterocycles. The molecule has 4 aromatic rings. The number of rotatable bonds is 8. The highest BCUT2D eigenvalue weighted by Crippen LogP contribution is 2.26. The van der Waals surface area contributed by atoms with E-state index in [-0.39, 0.29) is 0 Å². The number of benzene rings is 4. The molecular weight excluding hydrogens is 420 g/mol. The first kappa shape index (κ1) is 22.9. The summed E-state index contributed by atoms with van der Waals surface area (Å²) >= 11 is 0. The third-order valence-electron chi connectivity index (χ3n) is 6.86. The molecule has 0 saturated heterocycles. The molecule has 0 amide bonds. The van der Waals surface area contributed by atoms with E-state index in [2.05, 4.69) is 84.9 Å². The Morgan fingerprint density at radius 3 is 1.30 bits per heavy atom. The number of phenols is 2. The molecule has 0 radical (unpaired) electrons. The van der Waals surface area contributed by atoms with Gasteiger partial charge in [0.05, 0.1) is 0 Å². The Morgan fingerprint density at radius 2 is 0.939 bits per heavy atom. The van der Waals surface area contributed by atoms with Crippen LogP contribution >= 0.6 is 0 Å². The van der Waals surface area contributed by atoms with Gasteiger partial charge in [-0.3, -0.25) is 0 Å². The number of hydrogen-bond acceptors (Lipinski definition) is 2. The van der Waals surface area contributed by atoms with Gasteiger partial charge in [0.2, 0.25) is 0 Å². The summed E-state index contributed by atoms with van der Waals surface area (Å²) in [5, 5.41) is 22.9. The summed E-state index contributed by atoms with van der Waals surface area (Å²) in [5.74, 6) is 0.715. The molecule has 0 aliphatic carbocycles. The summed E-state index contributed by atoms with van der Waals surface area (Å²) in [6.07, 6.45) is 1.96. The molecule has 3 heteroatoms. The van der Waals surface area contributed by atoms with Crippen LogP contribution in [0.5, 0.6) is 11.5 Å². The van der Waals surface area contributed by atoms with Crippen LogP contribution in [0, 0.1) is 13.8 Å². The zero-order valence-corrected chi connectivity index (χ0v) is 20.5. The topological polar surface area (TPSA) is 40.5 Å². The van der Waals surface area contributed by atoms with Gasteiger partial charge in [-0.2, -0.15) is 0 Å². The van der Waals surface area contributed by atoms with Gasteiger partial charge in [0.25, 0.3) is 0 Å². The summed E-state index contributed by atoms with van der Waals surface area (Å²) in [5.41, 5.74) is 4.40. The monoisotopic (exact) mass is 452 g/mol. The maximum Gasteiger partial charge on any atom is 0.118 e. The Kier molecular flexibility index (Phi) is 7.00. The zero-order valence-electron chi connectivity index (χ0n) is 19.5. The van der Waals surface area contributed by atoms with Crippen molar-refractivity contribution in [3.05, 3.63) is 119 Å². The van der Waals surface area contributed by atoms with Gasteiger partial charge in [-0.05, 0) is 73.2 Å². The Labute approximate surface area is 198 Å². The van der Waals surface area contributed by atoms with Crippen molar-refractivity contribution in [2.75, 3.05) is 0 Å². The van der Waals surface area contributed by atoms with E-state index >= 15 is 0 Å². The largest absolute Gasteiger partial charge is 0.508 e. The van der Waals surface area contributed by atoms with E-state index < -0.39 is 8.07 Å². The lowest BCUT2D eigenvalue weighted by molar-refractivity contribution is 0.470. The minimum absolute atomic E-state index is 0.357. The fourth-order valence-corrected chi connectivity index (χ4v) is 9.67. The van der Waals surface area contributed by atoms with Gasteiger partial charge in [-0.15, -0.1) is 0 Å². The average Bonchev–Trinajstić information content (AvgIpc) is 2.85. The van der Waals surface area contributed by atoms with E-state index in [1.54, 1.807) is 0 Å². The molecule has 2 N–H and O–H groups in total. The second kappa shape index (κ2) is 10.1. The van der Waals surface area contributed by atoms with E-state index in [9.17, 15) is 10.2 Å². The summed E-state index contributed by atoms with van der Waals surface area (Å²) in [6.45, 7) is 3.93. The molecule has 0 spiro atoms. The third-order valence-corrected chi connectivity index (χ3v) is 11.9. The van der Waals surface area contributed by atoms with E-state index in [1.165, 1.54) is 21.5 Å². The van der Waals surface area contributed by atoms with Crippen LogP contribution in [0.4, 0.5) is 0 Å². The quantitative estimate of drug-likeness (QED) is 0.334. The van der Waals surface area contributed by atoms with E-state index in [4.69, 9.17) is 0 Å². The van der Waals surface area contributed by atoms with Crippen LogP contribution in [0.25, 0.3) is 0 Å². The van der Waals surface area contributed by atoms with Crippen LogP contribution in [0.15, 0.2) is 97.1 Å². The highest BCUT2D eigenvalue weighted by atomic mass is 28.3. The second-order valence-corrected chi connectivity index (χ2v) is 13.4. The molecule has 168 valence electrons. The second-order valence-electron chi connectivity index (χ2n) is 9.06. The number of hydrogen-bond donors (Lipinski definition) is 2. The number of phenolic OH excluding ortho intramolecular Hbond substituents is 2. The Morgan fingerprint density at radius 1 is 0.545 bits per heavy atom. The van der Waals surface area contributed by atoms with Crippen molar-refractivity contribution in [3.63, 3.8) is 0 Å².